The molecule has 17 atom stereocenters. The van der Waals surface area contributed by atoms with Gasteiger partial charge in [0.15, 0.2) is 32.4 Å². The molecule has 0 radical (unpaired) electrons. The summed E-state index contributed by atoms with van der Waals surface area (Å²) in [6.07, 6.45) is 34.6. The van der Waals surface area contributed by atoms with E-state index in [9.17, 15) is 39.0 Å². The van der Waals surface area contributed by atoms with E-state index < -0.39 is 5.97 Å². The van der Waals surface area contributed by atoms with Gasteiger partial charge in [0.25, 0.3) is 0 Å². The highest BCUT2D eigenvalue weighted by molar-refractivity contribution is 6.63. The Morgan fingerprint density at radius 1 is 0.442 bits per heavy atom. The van der Waals surface area contributed by atoms with Gasteiger partial charge in [0.2, 0.25) is 5.24 Å². The van der Waals surface area contributed by atoms with Crippen LogP contribution in [0, 0.1) is 71.0 Å². The van der Waals surface area contributed by atoms with Gasteiger partial charge in [-0.05, 0) is 288 Å². The summed E-state index contributed by atoms with van der Waals surface area (Å²) in [5.74, 6) is 5.32. The van der Waals surface area contributed by atoms with Crippen LogP contribution in [0.25, 0.3) is 0 Å². The number of aliphatic hydroxyl groups excluding tert-OH is 3. The van der Waals surface area contributed by atoms with Crippen molar-refractivity contribution in [3.05, 3.63) is 88.0 Å². The number of rotatable bonds is 42. The average molecular weight is 1700 g/mol. The van der Waals surface area contributed by atoms with Crippen LogP contribution < -0.4 is 14.2 Å². The Kier molecular flexibility index (Phi) is 46.2. The Bertz CT molecular complexity index is 3480. The number of carbonyl (C=O) groups excluding carboxylic acids is 6. The van der Waals surface area contributed by atoms with Crippen molar-refractivity contribution in [2.75, 3.05) is 61.5 Å². The molecule has 22 heteroatoms. The highest BCUT2D eigenvalue weighted by atomic mass is 35.5. The molecule has 0 spiro atoms. The summed E-state index contributed by atoms with van der Waals surface area (Å²) >= 11 is 5.03. The molecule has 3 aromatic rings. The second-order valence-electron chi connectivity index (χ2n) is 36.2. The van der Waals surface area contributed by atoms with Gasteiger partial charge < -0.3 is 72.2 Å². The predicted octanol–water partition coefficient (Wildman–Crippen LogP) is 18.7. The predicted molar refractivity (Wildman–Crippen MR) is 466 cm³/mol. The van der Waals surface area contributed by atoms with Gasteiger partial charge in [0.05, 0.1) is 45.7 Å². The van der Waals surface area contributed by atoms with E-state index in [1.165, 1.54) is 94.1 Å². The molecule has 3 N–H and O–H groups in total. The number of benzene rings is 3. The second kappa shape index (κ2) is 54.8. The lowest BCUT2D eigenvalue weighted by molar-refractivity contribution is -0.192. The van der Waals surface area contributed by atoms with Crippen LogP contribution in [0.4, 0.5) is 0 Å². The van der Waals surface area contributed by atoms with Gasteiger partial charge in [-0.15, -0.1) is 0 Å². The van der Waals surface area contributed by atoms with Gasteiger partial charge in [-0.1, -0.05) is 156 Å². The lowest BCUT2D eigenvalue weighted by atomic mass is 9.73. The molecule has 11 rings (SSSR count). The molecular weight excluding hydrogens is 1550 g/mol. The summed E-state index contributed by atoms with van der Waals surface area (Å²) in [5.41, 5.74) is 7.35. The van der Waals surface area contributed by atoms with Crippen molar-refractivity contribution >= 4 is 46.7 Å². The molecule has 3 aromatic carbocycles. The van der Waals surface area contributed by atoms with Crippen molar-refractivity contribution in [2.45, 2.75) is 343 Å². The summed E-state index contributed by atoms with van der Waals surface area (Å²) < 4.78 is 68.8. The molecule has 678 valence electrons. The zero-order valence-corrected chi connectivity index (χ0v) is 76.1. The first-order valence-corrected chi connectivity index (χ1v) is 46.6. The first kappa shape index (κ1) is 101. The number of aliphatic hydroxyl groups is 3. The molecule has 3 saturated carbocycles. The van der Waals surface area contributed by atoms with Gasteiger partial charge >= 0.3 is 29.8 Å². The topological polar surface area (TPSA) is 274 Å². The average Bonchev–Trinajstić information content (AvgIpc) is 1.61. The normalized spacial score (nSPS) is 24.9. The van der Waals surface area contributed by atoms with Crippen LogP contribution in [0.3, 0.4) is 0 Å². The van der Waals surface area contributed by atoms with Crippen LogP contribution in [-0.2, 0) is 110 Å². The lowest BCUT2D eigenvalue weighted by Crippen LogP contribution is -2.32. The maximum absolute atomic E-state index is 12.9. The standard InChI is InChI=1S/C34H52O7.2C29H44O6.C5H9ClO.CH4O/c1-5-6-7-12-26(40-34-14-8-9-17-38-34)15-16-27-28-19-24-11-10-13-30(39-22-33(36)37-4)29(24)20-25(28)21-31(27)41-32(35)18-23(2)3;1-3-4-5-10-22(35-29-12-6-7-15-33-29)13-14-23-24-16-20-9-8-11-27(34-19-28(31)32-2)25(20)17-21(24)18-26(23)30;1-5-6-7-10-22(30)12-13-23-24-15-20-9-8-11-26(34-18-29(32)33-4)25(20)16-21(24)17-27(23)35-28(31)14-19(2)3;1-4(2)3-5(6)7;1-2/h10-11,13,23,25-28,31,34H,5-9,12,14-22H2,1-4H3;8-9,11,21-24,26,29-30H,3-7,10,12-19H2,1-2H3;8-9,11,19,21-24,27,30H,5-7,10,12-18H2,1-4H3;4H,3H2,1-2H3;2H,1H3/t25-,26-,27+,28-,31+,34?;21-,22-,23+,24-,26+,29?;21-,22-,23+,24-,27+;;/m000../s1. The highest BCUT2D eigenvalue weighted by Gasteiger charge is 2.50. The Labute approximate surface area is 724 Å². The van der Waals surface area contributed by atoms with Gasteiger partial charge in [-0.2, -0.15) is 0 Å². The number of carbonyl (C=O) groups is 6. The summed E-state index contributed by atoms with van der Waals surface area (Å²) in [5, 5.41) is 28.4. The fraction of sp³-hybridized carbons (Fsp3) is 0.755. The summed E-state index contributed by atoms with van der Waals surface area (Å²) in [7, 11) is 5.10. The zero-order chi connectivity index (χ0) is 87.0. The Morgan fingerprint density at radius 3 is 1.14 bits per heavy atom. The highest BCUT2D eigenvalue weighted by Crippen LogP contribution is 2.53. The van der Waals surface area contributed by atoms with E-state index in [1.807, 2.05) is 64.1 Å². The van der Waals surface area contributed by atoms with Crippen molar-refractivity contribution in [3.8, 4) is 17.2 Å². The molecule has 2 unspecified atom stereocenters. The smallest absolute Gasteiger partial charge is 0.343 e. The van der Waals surface area contributed by atoms with Gasteiger partial charge in [-0.25, -0.2) is 14.4 Å². The van der Waals surface area contributed by atoms with Crippen LogP contribution in [-0.4, -0.2) is 161 Å². The van der Waals surface area contributed by atoms with Crippen molar-refractivity contribution in [1.29, 1.82) is 0 Å². The van der Waals surface area contributed by atoms with E-state index in [0.717, 1.165) is 210 Å². The van der Waals surface area contributed by atoms with E-state index in [2.05, 4.69) is 52.8 Å². The first-order valence-electron chi connectivity index (χ1n) is 46.2. The van der Waals surface area contributed by atoms with E-state index >= 15 is 0 Å². The molecule has 2 aliphatic heterocycles. The molecule has 8 aliphatic rings. The summed E-state index contributed by atoms with van der Waals surface area (Å²) in [6.45, 7) is 20.1. The minimum absolute atomic E-state index is 0.0541. The number of hydrogen-bond acceptors (Lipinski definition) is 21. The third kappa shape index (κ3) is 33.5. The summed E-state index contributed by atoms with van der Waals surface area (Å²) in [4.78, 5) is 70.3. The molecular formula is C98H153ClO21. The Balaban J connectivity index is 0.000000236. The molecule has 0 amide bonds. The number of ether oxygens (including phenoxy) is 12. The second-order valence-corrected chi connectivity index (χ2v) is 36.6. The molecule has 0 bridgehead atoms. The minimum atomic E-state index is -0.396. The van der Waals surface area contributed by atoms with Crippen molar-refractivity contribution < 1.29 is 101 Å². The number of esters is 5. The number of methoxy groups -OCH3 is 3. The van der Waals surface area contributed by atoms with Crippen molar-refractivity contribution in [1.82, 2.24) is 0 Å². The first-order chi connectivity index (χ1) is 57.9. The third-order valence-corrected chi connectivity index (χ3v) is 26.0. The molecule has 120 heavy (non-hydrogen) atoms. The molecule has 5 fully saturated rings. The maximum atomic E-state index is 12.9. The summed E-state index contributed by atoms with van der Waals surface area (Å²) in [6, 6.07) is 18.3. The number of unbranched alkanes of at least 4 members (excludes halogenated alkanes) is 6. The fourth-order valence-corrected chi connectivity index (χ4v) is 20.1. The largest absolute Gasteiger partial charge is 0.482 e. The van der Waals surface area contributed by atoms with E-state index in [1.54, 1.807) is 0 Å². The van der Waals surface area contributed by atoms with Crippen LogP contribution in [0.2, 0.25) is 0 Å². The molecule has 6 aliphatic carbocycles. The molecule has 2 heterocycles. The third-order valence-electron chi connectivity index (χ3n) is 25.8. The monoisotopic (exact) mass is 1700 g/mol. The lowest BCUT2D eigenvalue weighted by Gasteiger charge is -2.33. The molecule has 0 aromatic heterocycles. The molecule has 2 saturated heterocycles. The van der Waals surface area contributed by atoms with Crippen LogP contribution >= 0.6 is 11.6 Å². The van der Waals surface area contributed by atoms with E-state index in [0.29, 0.717) is 72.5 Å². The fourth-order valence-electron chi connectivity index (χ4n) is 19.8. The Hall–Kier alpha value is -5.91. The van der Waals surface area contributed by atoms with Crippen molar-refractivity contribution in [3.63, 3.8) is 0 Å². The number of hydrogen-bond donors (Lipinski definition) is 3. The zero-order valence-electron chi connectivity index (χ0n) is 75.3. The van der Waals surface area contributed by atoms with Gasteiger partial charge in [-0.3, -0.25) is 14.4 Å². The Morgan fingerprint density at radius 2 is 0.800 bits per heavy atom. The quantitative estimate of drug-likeness (QED) is 0.0206. The van der Waals surface area contributed by atoms with Crippen LogP contribution in [0.5, 0.6) is 17.2 Å². The van der Waals surface area contributed by atoms with E-state index in [4.69, 9.17) is 73.5 Å². The molecule has 21 nitrogen and oxygen atoms in total. The SMILES string of the molecule is CC(C)CC(=O)Cl.CCCCC[C@@H](CC[C@@H]1[C@H]2Cc3cccc(OCC(=O)OC)c3C[C@H]2C[C@H]1O)OC1CCCCO1.CCCCC[C@@H](CC[C@@H]1[C@H]2Cc3cccc(OCC(=O)OC)c3C[C@H]2C[C@H]1OC(=O)CC(C)C)OC1CCCCO1.CCCCC[C@H](O)CC[C@@H]1[C@H]2Cc3cccc(OCC(=O)OC)c3C[C@H]2C[C@H]1OC(=O)CC(C)C.CO. The van der Waals surface area contributed by atoms with E-state index in [-0.39, 0.29) is 116 Å². The number of fused-ring (bicyclic) bond motifs is 6. The van der Waals surface area contributed by atoms with Crippen LogP contribution in [0.1, 0.15) is 288 Å². The maximum Gasteiger partial charge on any atom is 0.343 e. The van der Waals surface area contributed by atoms with Gasteiger partial charge in [0, 0.05) is 39.6 Å². The van der Waals surface area contributed by atoms with Crippen molar-refractivity contribution in [2.24, 2.45) is 71.0 Å². The minimum Gasteiger partial charge on any atom is -0.482 e. The number of halogens is 1. The van der Waals surface area contributed by atoms with Crippen LogP contribution in [0.15, 0.2) is 54.6 Å². The van der Waals surface area contributed by atoms with Gasteiger partial charge in [0.1, 0.15) is 29.5 Å².